The molecule has 0 aliphatic carbocycles. The molecule has 4 atom stereocenters. The molecule has 4 rings (SSSR count). The maximum Gasteiger partial charge on any atom is 0.145 e. The summed E-state index contributed by atoms with van der Waals surface area (Å²) in [5.41, 5.74) is 3.35. The number of benzene rings is 4. The molecule has 2 N–H and O–H groups in total. The molecule has 0 spiro atoms. The summed E-state index contributed by atoms with van der Waals surface area (Å²) in [5, 5.41) is 22.8. The second-order valence-corrected chi connectivity index (χ2v) is 8.71. The van der Waals surface area contributed by atoms with Gasteiger partial charge < -0.3 is 10.2 Å². The summed E-state index contributed by atoms with van der Waals surface area (Å²) in [5.74, 6) is -1.53. The number of carbonyl (C=O) groups excluding carboxylic acids is 1. The van der Waals surface area contributed by atoms with Crippen molar-refractivity contribution >= 4 is 5.78 Å². The molecule has 3 nitrogen and oxygen atoms in total. The van der Waals surface area contributed by atoms with Crippen LogP contribution in [-0.4, -0.2) is 16.0 Å². The number of aliphatic hydroxyl groups excluding tert-OH is 2. The highest BCUT2D eigenvalue weighted by molar-refractivity contribution is 5.85. The summed E-state index contributed by atoms with van der Waals surface area (Å²) in [6.07, 6.45) is -1.17. The minimum Gasteiger partial charge on any atom is -0.388 e. The van der Waals surface area contributed by atoms with Crippen molar-refractivity contribution in [1.29, 1.82) is 0 Å². The molecule has 0 radical (unpaired) electrons. The van der Waals surface area contributed by atoms with Gasteiger partial charge in [0.15, 0.2) is 0 Å². The Bertz CT molecular complexity index is 1050. The second-order valence-electron chi connectivity index (χ2n) is 8.71. The Balaban J connectivity index is 1.71. The fourth-order valence-corrected chi connectivity index (χ4v) is 4.51. The lowest BCUT2D eigenvalue weighted by atomic mass is 9.76. The smallest absolute Gasteiger partial charge is 0.145 e. The lowest BCUT2D eigenvalue weighted by Crippen LogP contribution is -2.35. The summed E-state index contributed by atoms with van der Waals surface area (Å²) in [6, 6.07) is 38.1. The molecule has 0 aliphatic heterocycles. The average Bonchev–Trinajstić information content (AvgIpc) is 2.91. The molecule has 34 heavy (non-hydrogen) atoms. The SMILES string of the molecule is O=C([C@@H](Cc1ccccc1)[C@@H](O)c1ccccc1)[C@@H](Cc1ccccc1)[C@@H](O)c1ccccc1. The first-order chi connectivity index (χ1) is 16.6. The summed E-state index contributed by atoms with van der Waals surface area (Å²) in [6.45, 7) is 0. The summed E-state index contributed by atoms with van der Waals surface area (Å²) in [7, 11) is 0. The van der Waals surface area contributed by atoms with E-state index < -0.39 is 24.0 Å². The van der Waals surface area contributed by atoms with Gasteiger partial charge in [0, 0.05) is 0 Å². The molecule has 4 aromatic carbocycles. The van der Waals surface area contributed by atoms with Gasteiger partial charge in [0.2, 0.25) is 0 Å². The van der Waals surface area contributed by atoms with E-state index in [1.54, 1.807) is 0 Å². The lowest BCUT2D eigenvalue weighted by Gasteiger charge is -2.30. The van der Waals surface area contributed by atoms with Crippen LogP contribution in [-0.2, 0) is 17.6 Å². The minimum absolute atomic E-state index is 0.139. The van der Waals surface area contributed by atoms with Gasteiger partial charge >= 0.3 is 0 Å². The van der Waals surface area contributed by atoms with E-state index in [0.717, 1.165) is 11.1 Å². The van der Waals surface area contributed by atoms with Gasteiger partial charge in [-0.3, -0.25) is 4.79 Å². The van der Waals surface area contributed by atoms with Gasteiger partial charge in [0.25, 0.3) is 0 Å². The van der Waals surface area contributed by atoms with Gasteiger partial charge in [-0.25, -0.2) is 0 Å². The Morgan fingerprint density at radius 3 is 1.12 bits per heavy atom. The quantitative estimate of drug-likeness (QED) is 0.324. The zero-order valence-electron chi connectivity index (χ0n) is 19.1. The maximum atomic E-state index is 14.2. The highest BCUT2D eigenvalue weighted by Crippen LogP contribution is 2.34. The van der Waals surface area contributed by atoms with Crippen molar-refractivity contribution in [2.45, 2.75) is 25.0 Å². The molecule has 4 aromatic rings. The van der Waals surface area contributed by atoms with Crippen LogP contribution in [0.4, 0.5) is 0 Å². The molecule has 0 unspecified atom stereocenters. The van der Waals surface area contributed by atoms with E-state index >= 15 is 0 Å². The van der Waals surface area contributed by atoms with Crippen LogP contribution in [0.1, 0.15) is 34.5 Å². The van der Waals surface area contributed by atoms with Crippen LogP contribution >= 0.6 is 0 Å². The van der Waals surface area contributed by atoms with Crippen LogP contribution in [0, 0.1) is 11.8 Å². The van der Waals surface area contributed by atoms with Crippen LogP contribution < -0.4 is 0 Å². The van der Waals surface area contributed by atoms with E-state index in [9.17, 15) is 15.0 Å². The van der Waals surface area contributed by atoms with Gasteiger partial charge in [0.1, 0.15) is 5.78 Å². The Morgan fingerprint density at radius 2 is 0.794 bits per heavy atom. The number of Topliss-reactive ketones (excluding diaryl/α,β-unsaturated/α-hetero) is 1. The number of hydrogen-bond donors (Lipinski definition) is 2. The van der Waals surface area contributed by atoms with E-state index in [2.05, 4.69) is 0 Å². The Hall–Kier alpha value is -3.53. The topological polar surface area (TPSA) is 57.5 Å². The van der Waals surface area contributed by atoms with Crippen molar-refractivity contribution in [3.63, 3.8) is 0 Å². The molecule has 0 saturated carbocycles. The van der Waals surface area contributed by atoms with Crippen molar-refractivity contribution in [2.24, 2.45) is 11.8 Å². The van der Waals surface area contributed by atoms with Crippen molar-refractivity contribution in [3.05, 3.63) is 144 Å². The summed E-state index contributed by atoms with van der Waals surface area (Å²) in [4.78, 5) is 14.2. The van der Waals surface area contributed by atoms with Crippen LogP contribution in [0.25, 0.3) is 0 Å². The van der Waals surface area contributed by atoms with Gasteiger partial charge in [-0.15, -0.1) is 0 Å². The number of ketones is 1. The summed E-state index contributed by atoms with van der Waals surface area (Å²) >= 11 is 0. The normalized spacial score (nSPS) is 14.6. The number of carbonyl (C=O) groups is 1. The molecule has 0 aromatic heterocycles. The predicted molar refractivity (Wildman–Crippen MR) is 135 cm³/mol. The first-order valence-corrected chi connectivity index (χ1v) is 11.7. The molecule has 172 valence electrons. The van der Waals surface area contributed by atoms with E-state index in [4.69, 9.17) is 0 Å². The maximum absolute atomic E-state index is 14.2. The third-order valence-corrected chi connectivity index (χ3v) is 6.37. The van der Waals surface area contributed by atoms with Crippen LogP contribution in [0.5, 0.6) is 0 Å². The highest BCUT2D eigenvalue weighted by Gasteiger charge is 2.37. The molecule has 0 heterocycles. The van der Waals surface area contributed by atoms with Gasteiger partial charge in [0.05, 0.1) is 24.0 Å². The van der Waals surface area contributed by atoms with Gasteiger partial charge in [-0.05, 0) is 35.1 Å². The number of hydrogen-bond acceptors (Lipinski definition) is 3. The molecular weight excluding hydrogens is 420 g/mol. The zero-order valence-corrected chi connectivity index (χ0v) is 19.1. The molecule has 0 bridgehead atoms. The first-order valence-electron chi connectivity index (χ1n) is 11.7. The third kappa shape index (κ3) is 5.88. The van der Waals surface area contributed by atoms with Crippen molar-refractivity contribution in [1.82, 2.24) is 0 Å². The Labute approximate surface area is 201 Å². The zero-order chi connectivity index (χ0) is 23.8. The Morgan fingerprint density at radius 1 is 0.500 bits per heavy atom. The molecule has 0 aliphatic rings. The fourth-order valence-electron chi connectivity index (χ4n) is 4.51. The van der Waals surface area contributed by atoms with Gasteiger partial charge in [-0.2, -0.15) is 0 Å². The lowest BCUT2D eigenvalue weighted by molar-refractivity contribution is -0.134. The van der Waals surface area contributed by atoms with Crippen molar-refractivity contribution < 1.29 is 15.0 Å². The van der Waals surface area contributed by atoms with E-state index in [-0.39, 0.29) is 5.78 Å². The Kier molecular flexibility index (Phi) is 8.03. The standard InChI is InChI=1S/C31H30O3/c32-29(25-17-9-3-10-18-25)27(21-23-13-5-1-6-14-23)31(34)28(22-24-15-7-2-8-16-24)30(33)26-19-11-4-12-20-26/h1-20,27-30,32-33H,21-22H2/t27-,28-,29-,30-/m0/s1. The monoisotopic (exact) mass is 450 g/mol. The predicted octanol–water partition coefficient (Wildman–Crippen LogP) is 5.74. The van der Waals surface area contributed by atoms with E-state index in [0.29, 0.717) is 24.0 Å². The molecular formula is C31H30O3. The van der Waals surface area contributed by atoms with Crippen LogP contribution in [0.15, 0.2) is 121 Å². The summed E-state index contributed by atoms with van der Waals surface area (Å²) < 4.78 is 0. The van der Waals surface area contributed by atoms with Crippen molar-refractivity contribution in [2.75, 3.05) is 0 Å². The molecule has 3 heteroatoms. The molecule has 0 amide bonds. The third-order valence-electron chi connectivity index (χ3n) is 6.37. The first kappa shape index (κ1) is 23.6. The second kappa shape index (κ2) is 11.6. The number of aliphatic hydroxyl groups is 2. The van der Waals surface area contributed by atoms with E-state index in [1.165, 1.54) is 0 Å². The molecule has 0 saturated heterocycles. The number of rotatable bonds is 10. The fraction of sp³-hybridized carbons (Fsp3) is 0.194. The average molecular weight is 451 g/mol. The largest absolute Gasteiger partial charge is 0.388 e. The minimum atomic E-state index is -0.977. The van der Waals surface area contributed by atoms with E-state index in [1.807, 2.05) is 121 Å². The molecule has 0 fully saturated rings. The van der Waals surface area contributed by atoms with Crippen LogP contribution in [0.3, 0.4) is 0 Å². The van der Waals surface area contributed by atoms with Crippen LogP contribution in [0.2, 0.25) is 0 Å². The van der Waals surface area contributed by atoms with Crippen molar-refractivity contribution in [3.8, 4) is 0 Å². The van der Waals surface area contributed by atoms with Gasteiger partial charge in [-0.1, -0.05) is 121 Å². The highest BCUT2D eigenvalue weighted by atomic mass is 16.3.